The number of halogens is 2. The molecule has 8 rings (SSSR count). The van der Waals surface area contributed by atoms with Crippen molar-refractivity contribution < 1.29 is 42.2 Å². The summed E-state index contributed by atoms with van der Waals surface area (Å²) in [5.41, 5.74) is 4.69. The number of nitriles is 1. The Hall–Kier alpha value is -6.96. The molecule has 0 aromatic heterocycles. The quantitative estimate of drug-likeness (QED) is 0.0832. The molecule has 1 amide bonds. The van der Waals surface area contributed by atoms with Gasteiger partial charge in [-0.05, 0) is 100.0 Å². The predicted molar refractivity (Wildman–Crippen MR) is 236 cm³/mol. The van der Waals surface area contributed by atoms with Crippen molar-refractivity contribution in [3.8, 4) is 34.4 Å². The summed E-state index contributed by atoms with van der Waals surface area (Å²) >= 11 is 12.2. The maximum atomic E-state index is 14.5. The van der Waals surface area contributed by atoms with Crippen molar-refractivity contribution in [2.75, 3.05) is 6.61 Å². The highest BCUT2D eigenvalue weighted by molar-refractivity contribution is 7.89. The number of fused-ring (bicyclic) bond motifs is 2. The predicted octanol–water partition coefficient (Wildman–Crippen LogP) is 8.46. The molecule has 0 radical (unpaired) electrons. The first-order valence-electron chi connectivity index (χ1n) is 19.8. The van der Waals surface area contributed by atoms with Crippen LogP contribution in [0.4, 0.5) is 5.69 Å². The second-order valence-corrected chi connectivity index (χ2v) is 17.7. The van der Waals surface area contributed by atoms with E-state index >= 15 is 0 Å². The van der Waals surface area contributed by atoms with Crippen molar-refractivity contribution in [2.24, 2.45) is 0 Å². The Kier molecular flexibility index (Phi) is 12.6. The van der Waals surface area contributed by atoms with Crippen LogP contribution in [0, 0.1) is 21.4 Å². The highest BCUT2D eigenvalue weighted by atomic mass is 35.5. The summed E-state index contributed by atoms with van der Waals surface area (Å²) in [6, 6.07) is 33.7. The van der Waals surface area contributed by atoms with E-state index in [1.807, 2.05) is 18.2 Å². The number of amides is 1. The summed E-state index contributed by atoms with van der Waals surface area (Å²) in [4.78, 5) is 37.5. The number of carboxylic acid groups (broad SMARTS) is 1. The third kappa shape index (κ3) is 9.36. The van der Waals surface area contributed by atoms with E-state index in [-0.39, 0.29) is 26.1 Å². The first-order chi connectivity index (χ1) is 30.8. The van der Waals surface area contributed by atoms with Gasteiger partial charge in [0, 0.05) is 19.0 Å². The van der Waals surface area contributed by atoms with Crippen LogP contribution in [0.1, 0.15) is 39.5 Å². The molecule has 0 saturated heterocycles. The van der Waals surface area contributed by atoms with Gasteiger partial charge in [0.1, 0.15) is 31.0 Å². The van der Waals surface area contributed by atoms with Crippen molar-refractivity contribution in [3.63, 3.8) is 0 Å². The van der Waals surface area contributed by atoms with Gasteiger partial charge in [0.15, 0.2) is 22.5 Å². The Labute approximate surface area is 377 Å². The van der Waals surface area contributed by atoms with E-state index in [2.05, 4.69) is 11.4 Å². The van der Waals surface area contributed by atoms with E-state index in [1.165, 1.54) is 12.1 Å². The van der Waals surface area contributed by atoms with Crippen LogP contribution < -0.4 is 19.5 Å². The van der Waals surface area contributed by atoms with Crippen LogP contribution in [-0.4, -0.2) is 53.3 Å². The minimum Gasteiger partial charge on any atom is -0.489 e. The van der Waals surface area contributed by atoms with Crippen LogP contribution in [0.2, 0.25) is 10.0 Å². The molecule has 0 spiro atoms. The van der Waals surface area contributed by atoms with Gasteiger partial charge >= 0.3 is 5.97 Å². The van der Waals surface area contributed by atoms with Gasteiger partial charge in [0.2, 0.25) is 5.91 Å². The number of hydrogen-bond acceptors (Lipinski definition) is 10. The molecule has 6 aromatic carbocycles. The van der Waals surface area contributed by atoms with Crippen molar-refractivity contribution in [1.82, 2.24) is 9.62 Å². The fourth-order valence-corrected chi connectivity index (χ4v) is 9.61. The first kappa shape index (κ1) is 43.7. The fraction of sp³-hybridized carbons (Fsp3) is 0.170. The second kappa shape index (κ2) is 18.4. The van der Waals surface area contributed by atoms with E-state index in [4.69, 9.17) is 42.7 Å². The van der Waals surface area contributed by atoms with Crippen LogP contribution in [-0.2, 0) is 45.6 Å². The lowest BCUT2D eigenvalue weighted by Crippen LogP contribution is -2.55. The molecule has 1 unspecified atom stereocenters. The van der Waals surface area contributed by atoms with E-state index < -0.39 is 62.1 Å². The Morgan fingerprint density at radius 3 is 2.23 bits per heavy atom. The smallest absolute Gasteiger partial charge is 0.326 e. The first-order valence-corrected chi connectivity index (χ1v) is 22.0. The maximum absolute atomic E-state index is 14.5. The van der Waals surface area contributed by atoms with E-state index in [1.54, 1.807) is 84.9 Å². The number of nitro groups is 1. The highest BCUT2D eigenvalue weighted by Crippen LogP contribution is 2.42. The molecule has 64 heavy (non-hydrogen) atoms. The molecule has 0 fully saturated rings. The molecule has 2 aliphatic rings. The number of ether oxygens (including phenoxy) is 3. The van der Waals surface area contributed by atoms with E-state index in [0.717, 1.165) is 38.7 Å². The SMILES string of the molecule is N#Cc1ccc(-c2ccc(CC(NC(=O)[C@@H]3Cc4cc5c(cc4CN3S(=O)(=O)c3ccccc3[N+](=O)[O-])O[C@@H](c3ccc(OCc4ccc(Cl)c(Cl)c4)cc3)CO5)C(=O)O)cc2)cc1. The normalized spacial score (nSPS) is 16.1. The van der Waals surface area contributed by atoms with Gasteiger partial charge < -0.3 is 24.6 Å². The van der Waals surface area contributed by atoms with Gasteiger partial charge in [-0.2, -0.15) is 9.57 Å². The number of rotatable bonds is 13. The highest BCUT2D eigenvalue weighted by Gasteiger charge is 2.43. The summed E-state index contributed by atoms with van der Waals surface area (Å²) in [5, 5.41) is 34.8. The molecule has 2 aliphatic heterocycles. The number of benzene rings is 6. The molecule has 14 nitrogen and oxygen atoms in total. The summed E-state index contributed by atoms with van der Waals surface area (Å²) in [6.45, 7) is -0.00329. The number of carbonyl (C=O) groups excluding carboxylic acids is 1. The van der Waals surface area contributed by atoms with Crippen LogP contribution in [0.5, 0.6) is 17.2 Å². The average Bonchev–Trinajstić information content (AvgIpc) is 3.30. The number of hydrogen-bond donors (Lipinski definition) is 2. The summed E-state index contributed by atoms with van der Waals surface area (Å²) in [6.07, 6.45) is -0.900. The molecule has 0 bridgehead atoms. The minimum atomic E-state index is -4.76. The Bertz CT molecular complexity index is 2930. The zero-order valence-electron chi connectivity index (χ0n) is 33.5. The van der Waals surface area contributed by atoms with Gasteiger partial charge in [0.05, 0.1) is 26.6 Å². The van der Waals surface area contributed by atoms with E-state index in [9.17, 15) is 33.2 Å². The third-order valence-corrected chi connectivity index (χ3v) is 13.6. The standard InChI is InChI=1S/C47H36Cl2N4O10S/c48-37-18-9-30(19-38(37)49)26-61-36-16-14-33(15-17-36)44-27-62-42-22-34-21-41(52(25-35(34)23-43(42)63-44)64(59,60)45-4-2-1-3-40(45)53(57)58)46(54)51-39(47(55)56)20-28-5-10-31(11-6-28)32-12-7-29(24-50)8-13-32/h1-19,22-23,39,41,44H,20-21,25-27H2,(H,51,54)(H,55,56)/t39?,41-,44+/m0/s1. The average molecular weight is 920 g/mol. The van der Waals surface area contributed by atoms with Crippen LogP contribution in [0.25, 0.3) is 11.1 Å². The lowest BCUT2D eigenvalue weighted by atomic mass is 9.93. The zero-order valence-corrected chi connectivity index (χ0v) is 35.8. The minimum absolute atomic E-state index is 0.131. The molecule has 2 heterocycles. The molecular formula is C47H36Cl2N4O10S. The molecule has 324 valence electrons. The van der Waals surface area contributed by atoms with Gasteiger partial charge in [-0.25, -0.2) is 13.2 Å². The fourth-order valence-electron chi connectivity index (χ4n) is 7.57. The molecule has 0 saturated carbocycles. The number of nitrogens with zero attached hydrogens (tertiary/aromatic N) is 3. The van der Waals surface area contributed by atoms with Gasteiger partial charge in [-0.3, -0.25) is 14.9 Å². The van der Waals surface area contributed by atoms with Gasteiger partial charge in [0.25, 0.3) is 15.7 Å². The number of nitrogens with one attached hydrogen (secondary N) is 1. The summed E-state index contributed by atoms with van der Waals surface area (Å²) in [7, 11) is -4.76. The van der Waals surface area contributed by atoms with E-state index in [0.29, 0.717) is 49.5 Å². The summed E-state index contributed by atoms with van der Waals surface area (Å²) < 4.78 is 48.3. The second-order valence-electron chi connectivity index (χ2n) is 15.1. The van der Waals surface area contributed by atoms with Gasteiger partial charge in [-0.15, -0.1) is 0 Å². The zero-order chi connectivity index (χ0) is 45.1. The van der Waals surface area contributed by atoms with Gasteiger partial charge in [-0.1, -0.05) is 89.9 Å². The number of carbonyl (C=O) groups is 2. The third-order valence-electron chi connectivity index (χ3n) is 11.0. The molecule has 17 heteroatoms. The number of sulfonamides is 1. The lowest BCUT2D eigenvalue weighted by molar-refractivity contribution is -0.387. The number of para-hydroxylation sites is 1. The molecule has 2 N–H and O–H groups in total. The van der Waals surface area contributed by atoms with Crippen LogP contribution in [0.15, 0.2) is 132 Å². The Morgan fingerprint density at radius 2 is 1.56 bits per heavy atom. The topological polar surface area (TPSA) is 198 Å². The van der Waals surface area contributed by atoms with Crippen molar-refractivity contribution >= 4 is 50.8 Å². The Morgan fingerprint density at radius 1 is 0.891 bits per heavy atom. The van der Waals surface area contributed by atoms with Crippen molar-refractivity contribution in [1.29, 1.82) is 5.26 Å². The van der Waals surface area contributed by atoms with Crippen LogP contribution >= 0.6 is 23.2 Å². The molecule has 0 aliphatic carbocycles. The molecule has 6 aromatic rings. The summed E-state index contributed by atoms with van der Waals surface area (Å²) in [5.74, 6) is -0.984. The molecule has 3 atom stereocenters. The number of nitro benzene ring substituents is 1. The monoisotopic (exact) mass is 918 g/mol. The molecular weight excluding hydrogens is 884 g/mol. The largest absolute Gasteiger partial charge is 0.489 e. The maximum Gasteiger partial charge on any atom is 0.326 e. The number of carboxylic acids is 1. The number of aliphatic carboxylic acids is 1. The Balaban J connectivity index is 1.03. The van der Waals surface area contributed by atoms with Crippen molar-refractivity contribution in [2.45, 2.75) is 49.1 Å². The van der Waals surface area contributed by atoms with Crippen molar-refractivity contribution in [3.05, 3.63) is 181 Å². The lowest BCUT2D eigenvalue weighted by Gasteiger charge is -2.36. The van der Waals surface area contributed by atoms with Crippen LogP contribution in [0.3, 0.4) is 0 Å².